The number of nitrogens with two attached hydrogens (primary N) is 1. The Balaban J connectivity index is 2.26. The third kappa shape index (κ3) is 6.03. The molecule has 0 aliphatic carbocycles. The SMILES string of the molecule is CC(C)CC(CN)CC(=O)OC1CCOCC1. The molecule has 1 aliphatic heterocycles. The van der Waals surface area contributed by atoms with Gasteiger partial charge in [0.15, 0.2) is 0 Å². The van der Waals surface area contributed by atoms with Crippen LogP contribution in [0.4, 0.5) is 0 Å². The third-order valence-corrected chi connectivity index (χ3v) is 3.06. The van der Waals surface area contributed by atoms with Gasteiger partial charge in [0.2, 0.25) is 0 Å². The number of hydrogen-bond donors (Lipinski definition) is 1. The highest BCUT2D eigenvalue weighted by atomic mass is 16.6. The van der Waals surface area contributed by atoms with Gasteiger partial charge in [-0.05, 0) is 24.8 Å². The first-order valence-corrected chi connectivity index (χ1v) is 6.59. The molecule has 4 nitrogen and oxygen atoms in total. The predicted molar refractivity (Wildman–Crippen MR) is 66.5 cm³/mol. The molecule has 1 aliphatic rings. The smallest absolute Gasteiger partial charge is 0.306 e. The summed E-state index contributed by atoms with van der Waals surface area (Å²) >= 11 is 0. The van der Waals surface area contributed by atoms with Gasteiger partial charge in [0, 0.05) is 19.3 Å². The maximum absolute atomic E-state index is 11.7. The minimum Gasteiger partial charge on any atom is -0.462 e. The van der Waals surface area contributed by atoms with Crippen LogP contribution in [-0.2, 0) is 14.3 Å². The standard InChI is InChI=1S/C13H25NO3/c1-10(2)7-11(9-14)8-13(15)17-12-3-5-16-6-4-12/h10-12H,3-9,14H2,1-2H3. The lowest BCUT2D eigenvalue weighted by molar-refractivity contribution is -0.154. The number of hydrogen-bond acceptors (Lipinski definition) is 4. The van der Waals surface area contributed by atoms with Crippen molar-refractivity contribution in [1.82, 2.24) is 0 Å². The zero-order valence-corrected chi connectivity index (χ0v) is 11.0. The third-order valence-electron chi connectivity index (χ3n) is 3.06. The molecule has 0 bridgehead atoms. The topological polar surface area (TPSA) is 61.6 Å². The van der Waals surface area contributed by atoms with E-state index >= 15 is 0 Å². The Morgan fingerprint density at radius 3 is 2.59 bits per heavy atom. The van der Waals surface area contributed by atoms with Gasteiger partial charge in [-0.15, -0.1) is 0 Å². The van der Waals surface area contributed by atoms with Crippen molar-refractivity contribution in [1.29, 1.82) is 0 Å². The Bertz CT molecular complexity index is 225. The summed E-state index contributed by atoms with van der Waals surface area (Å²) in [6.45, 7) is 6.24. The quantitative estimate of drug-likeness (QED) is 0.722. The monoisotopic (exact) mass is 243 g/mol. The van der Waals surface area contributed by atoms with Gasteiger partial charge in [-0.3, -0.25) is 4.79 Å². The molecule has 0 radical (unpaired) electrons. The molecular weight excluding hydrogens is 218 g/mol. The van der Waals surface area contributed by atoms with E-state index in [2.05, 4.69) is 13.8 Å². The molecule has 1 heterocycles. The van der Waals surface area contributed by atoms with Gasteiger partial charge in [-0.2, -0.15) is 0 Å². The molecule has 0 spiro atoms. The predicted octanol–water partition coefficient (Wildman–Crippen LogP) is 1.72. The van der Waals surface area contributed by atoms with Gasteiger partial charge in [0.05, 0.1) is 13.2 Å². The lowest BCUT2D eigenvalue weighted by Gasteiger charge is -2.23. The van der Waals surface area contributed by atoms with E-state index in [1.54, 1.807) is 0 Å². The molecule has 2 N–H and O–H groups in total. The molecular formula is C13H25NO3. The first-order valence-electron chi connectivity index (χ1n) is 6.59. The summed E-state index contributed by atoms with van der Waals surface area (Å²) in [5, 5.41) is 0. The Labute approximate surface area is 104 Å². The zero-order chi connectivity index (χ0) is 12.7. The van der Waals surface area contributed by atoms with E-state index in [1.807, 2.05) is 0 Å². The van der Waals surface area contributed by atoms with Crippen molar-refractivity contribution in [3.63, 3.8) is 0 Å². The molecule has 0 saturated carbocycles. The summed E-state index contributed by atoms with van der Waals surface area (Å²) in [6.07, 6.45) is 3.13. The first kappa shape index (κ1) is 14.5. The van der Waals surface area contributed by atoms with Crippen LogP contribution in [0.1, 0.15) is 39.5 Å². The van der Waals surface area contributed by atoms with Crippen molar-refractivity contribution in [3.8, 4) is 0 Å². The molecule has 1 unspecified atom stereocenters. The van der Waals surface area contributed by atoms with Crippen molar-refractivity contribution < 1.29 is 14.3 Å². The fourth-order valence-electron chi connectivity index (χ4n) is 2.19. The van der Waals surface area contributed by atoms with Crippen LogP contribution < -0.4 is 5.73 Å². The zero-order valence-electron chi connectivity index (χ0n) is 11.0. The number of esters is 1. The van der Waals surface area contributed by atoms with Gasteiger partial charge in [-0.25, -0.2) is 0 Å². The second-order valence-electron chi connectivity index (χ2n) is 5.24. The Morgan fingerprint density at radius 2 is 2.06 bits per heavy atom. The molecule has 0 aromatic rings. The largest absolute Gasteiger partial charge is 0.462 e. The van der Waals surface area contributed by atoms with Crippen LogP contribution in [0.2, 0.25) is 0 Å². The van der Waals surface area contributed by atoms with Crippen molar-refractivity contribution in [3.05, 3.63) is 0 Å². The van der Waals surface area contributed by atoms with Crippen molar-refractivity contribution in [2.24, 2.45) is 17.6 Å². The Kier molecular flexibility index (Phi) is 6.52. The van der Waals surface area contributed by atoms with E-state index in [-0.39, 0.29) is 18.0 Å². The van der Waals surface area contributed by atoms with E-state index in [1.165, 1.54) is 0 Å². The summed E-state index contributed by atoms with van der Waals surface area (Å²) in [5.74, 6) is 0.717. The summed E-state index contributed by atoms with van der Waals surface area (Å²) in [7, 11) is 0. The second kappa shape index (κ2) is 7.67. The fourth-order valence-corrected chi connectivity index (χ4v) is 2.19. The van der Waals surface area contributed by atoms with Crippen LogP contribution in [0.3, 0.4) is 0 Å². The van der Waals surface area contributed by atoms with Crippen LogP contribution >= 0.6 is 0 Å². The Hall–Kier alpha value is -0.610. The number of ether oxygens (including phenoxy) is 2. The summed E-state index contributed by atoms with van der Waals surface area (Å²) in [4.78, 5) is 11.7. The molecule has 1 rings (SSSR count). The van der Waals surface area contributed by atoms with Crippen LogP contribution in [0.15, 0.2) is 0 Å². The molecule has 100 valence electrons. The van der Waals surface area contributed by atoms with E-state index in [9.17, 15) is 4.79 Å². The Morgan fingerprint density at radius 1 is 1.41 bits per heavy atom. The number of rotatable bonds is 6. The molecule has 1 saturated heterocycles. The molecule has 0 aromatic carbocycles. The lowest BCUT2D eigenvalue weighted by Crippen LogP contribution is -2.28. The van der Waals surface area contributed by atoms with Crippen LogP contribution in [0.5, 0.6) is 0 Å². The van der Waals surface area contributed by atoms with Gasteiger partial charge in [0.1, 0.15) is 6.10 Å². The maximum Gasteiger partial charge on any atom is 0.306 e. The molecule has 4 heteroatoms. The van der Waals surface area contributed by atoms with Gasteiger partial charge < -0.3 is 15.2 Å². The molecule has 0 amide bonds. The highest BCUT2D eigenvalue weighted by Gasteiger charge is 2.20. The van der Waals surface area contributed by atoms with Crippen molar-refractivity contribution >= 4 is 5.97 Å². The molecule has 1 atom stereocenters. The lowest BCUT2D eigenvalue weighted by atomic mass is 9.94. The van der Waals surface area contributed by atoms with Gasteiger partial charge >= 0.3 is 5.97 Å². The van der Waals surface area contributed by atoms with E-state index < -0.39 is 0 Å². The van der Waals surface area contributed by atoms with Crippen LogP contribution in [0.25, 0.3) is 0 Å². The van der Waals surface area contributed by atoms with Gasteiger partial charge in [-0.1, -0.05) is 13.8 Å². The summed E-state index contributed by atoms with van der Waals surface area (Å²) in [5.41, 5.74) is 5.67. The first-order chi connectivity index (χ1) is 8.11. The normalized spacial score (nSPS) is 19.3. The van der Waals surface area contributed by atoms with E-state index in [4.69, 9.17) is 15.2 Å². The highest BCUT2D eigenvalue weighted by Crippen LogP contribution is 2.17. The highest BCUT2D eigenvalue weighted by molar-refractivity contribution is 5.69. The minimum absolute atomic E-state index is 0.0497. The van der Waals surface area contributed by atoms with E-state index in [0.717, 1.165) is 19.3 Å². The fraction of sp³-hybridized carbons (Fsp3) is 0.923. The maximum atomic E-state index is 11.7. The average molecular weight is 243 g/mol. The van der Waals surface area contributed by atoms with Crippen LogP contribution in [-0.4, -0.2) is 31.8 Å². The summed E-state index contributed by atoms with van der Waals surface area (Å²) in [6, 6.07) is 0. The molecule has 17 heavy (non-hydrogen) atoms. The van der Waals surface area contributed by atoms with Gasteiger partial charge in [0.25, 0.3) is 0 Å². The van der Waals surface area contributed by atoms with Crippen molar-refractivity contribution in [2.75, 3.05) is 19.8 Å². The second-order valence-corrected chi connectivity index (χ2v) is 5.24. The molecule has 0 aromatic heterocycles. The number of carbonyl (C=O) groups excluding carboxylic acids is 1. The molecule has 1 fully saturated rings. The minimum atomic E-state index is -0.104. The average Bonchev–Trinajstić information content (AvgIpc) is 2.28. The number of carbonyl (C=O) groups is 1. The van der Waals surface area contributed by atoms with E-state index in [0.29, 0.717) is 32.1 Å². The summed E-state index contributed by atoms with van der Waals surface area (Å²) < 4.78 is 10.7. The van der Waals surface area contributed by atoms with Crippen molar-refractivity contribution in [2.45, 2.75) is 45.6 Å². The van der Waals surface area contributed by atoms with Crippen LogP contribution in [0, 0.1) is 11.8 Å².